The molecule has 7 aromatic rings. The van der Waals surface area contributed by atoms with E-state index < -0.39 is 0 Å². The summed E-state index contributed by atoms with van der Waals surface area (Å²) in [6.07, 6.45) is 0. The van der Waals surface area contributed by atoms with Gasteiger partial charge in [0.25, 0.3) is 0 Å². The fourth-order valence-corrected chi connectivity index (χ4v) is 5.80. The summed E-state index contributed by atoms with van der Waals surface area (Å²) in [4.78, 5) is 0. The van der Waals surface area contributed by atoms with Gasteiger partial charge < -0.3 is 9.13 Å². The number of rotatable bonds is 2. The minimum Gasteiger partial charge on any atom is -0.308 e. The molecular weight excluding hydrogens is 492 g/mol. The summed E-state index contributed by atoms with van der Waals surface area (Å²) < 4.78 is 4.17. The average molecular weight is 509 g/mol. The summed E-state index contributed by atoms with van der Waals surface area (Å²) in [5.41, 5.74) is 6.72. The zero-order valence-electron chi connectivity index (χ0n) is 20.9. The van der Waals surface area contributed by atoms with Gasteiger partial charge in [0.05, 0.1) is 67.8 Å². The number of hydrogen-bond donors (Lipinski definition) is 0. The SMILES string of the molecule is N#Cc1ccc(-n2c3ccccc3c3c2ccc2c4ccccc4n(-c4ccc(C#N)cc4C#N)c23)c(C#N)c1. The predicted molar refractivity (Wildman–Crippen MR) is 154 cm³/mol. The monoisotopic (exact) mass is 508 g/mol. The fourth-order valence-electron chi connectivity index (χ4n) is 5.80. The second-order valence-electron chi connectivity index (χ2n) is 9.47. The van der Waals surface area contributed by atoms with Crippen molar-refractivity contribution in [3.63, 3.8) is 0 Å². The molecule has 6 heteroatoms. The zero-order chi connectivity index (χ0) is 27.4. The third kappa shape index (κ3) is 3.06. The van der Waals surface area contributed by atoms with Crippen LogP contribution in [0.3, 0.4) is 0 Å². The van der Waals surface area contributed by atoms with Gasteiger partial charge in [0.1, 0.15) is 12.1 Å². The van der Waals surface area contributed by atoms with E-state index in [1.165, 1.54) is 0 Å². The van der Waals surface area contributed by atoms with Crippen LogP contribution in [0.2, 0.25) is 0 Å². The number of hydrogen-bond acceptors (Lipinski definition) is 4. The minimum atomic E-state index is 0.404. The Labute approximate surface area is 228 Å². The molecule has 6 nitrogen and oxygen atoms in total. The largest absolute Gasteiger partial charge is 0.308 e. The quantitative estimate of drug-likeness (QED) is 0.243. The number of aromatic nitrogens is 2. The van der Waals surface area contributed by atoms with Crippen LogP contribution in [-0.4, -0.2) is 9.13 Å². The summed E-state index contributed by atoms with van der Waals surface area (Å²) in [6.45, 7) is 0. The van der Waals surface area contributed by atoms with Gasteiger partial charge in [-0.15, -0.1) is 0 Å². The Balaban J connectivity index is 1.72. The molecule has 2 heterocycles. The van der Waals surface area contributed by atoms with Gasteiger partial charge in [-0.2, -0.15) is 21.0 Å². The average Bonchev–Trinajstić information content (AvgIpc) is 3.53. The standard InChI is InChI=1S/C34H16N6/c35-17-21-9-12-28(23(15-21)19-37)39-31-8-4-2-6-27(31)33-32(39)14-11-26-25-5-1-3-7-30(25)40(34(26)33)29-13-10-22(18-36)16-24(29)20-38/h1-16H. The van der Waals surface area contributed by atoms with Crippen molar-refractivity contribution >= 4 is 43.6 Å². The lowest BCUT2D eigenvalue weighted by Crippen LogP contribution is -1.99. The van der Waals surface area contributed by atoms with E-state index in [4.69, 9.17) is 0 Å². The van der Waals surface area contributed by atoms with E-state index in [9.17, 15) is 21.0 Å². The molecule has 0 aliphatic rings. The van der Waals surface area contributed by atoms with Crippen molar-refractivity contribution in [2.75, 3.05) is 0 Å². The van der Waals surface area contributed by atoms with Gasteiger partial charge in [0.15, 0.2) is 0 Å². The molecule has 5 aromatic carbocycles. The summed E-state index contributed by atoms with van der Waals surface area (Å²) >= 11 is 0. The van der Waals surface area contributed by atoms with Crippen molar-refractivity contribution in [3.8, 4) is 35.7 Å². The summed E-state index contributed by atoms with van der Waals surface area (Å²) in [5.74, 6) is 0. The first kappa shape index (κ1) is 22.8. The first-order chi connectivity index (χ1) is 19.7. The van der Waals surface area contributed by atoms with Crippen LogP contribution in [0.25, 0.3) is 55.0 Å². The number of fused-ring (bicyclic) bond motifs is 7. The third-order valence-electron chi connectivity index (χ3n) is 7.44. The third-order valence-corrected chi connectivity index (χ3v) is 7.44. The van der Waals surface area contributed by atoms with Gasteiger partial charge in [-0.05, 0) is 54.6 Å². The van der Waals surface area contributed by atoms with Gasteiger partial charge in [0.2, 0.25) is 0 Å². The molecule has 0 amide bonds. The molecular formula is C34H16N6. The maximum atomic E-state index is 10.1. The lowest BCUT2D eigenvalue weighted by atomic mass is 10.1. The van der Waals surface area contributed by atoms with Crippen LogP contribution in [0.15, 0.2) is 97.1 Å². The number of nitriles is 4. The molecule has 0 fully saturated rings. The van der Waals surface area contributed by atoms with Crippen LogP contribution in [0.5, 0.6) is 0 Å². The Morgan fingerprint density at radius 3 is 1.60 bits per heavy atom. The van der Waals surface area contributed by atoms with Crippen LogP contribution in [-0.2, 0) is 0 Å². The highest BCUT2D eigenvalue weighted by atomic mass is 15.0. The van der Waals surface area contributed by atoms with Crippen molar-refractivity contribution in [1.29, 1.82) is 21.0 Å². The molecule has 0 radical (unpaired) electrons. The summed E-state index contributed by atoms with van der Waals surface area (Å²) in [5, 5.41) is 43.0. The lowest BCUT2D eigenvalue weighted by Gasteiger charge is -2.12. The molecule has 40 heavy (non-hydrogen) atoms. The Kier molecular flexibility index (Phi) is 4.91. The van der Waals surface area contributed by atoms with Crippen LogP contribution >= 0.6 is 0 Å². The number of benzene rings is 5. The van der Waals surface area contributed by atoms with Gasteiger partial charge in [0, 0.05) is 21.5 Å². The number of para-hydroxylation sites is 2. The molecule has 182 valence electrons. The number of nitrogens with zero attached hydrogens (tertiary/aromatic N) is 6. The Morgan fingerprint density at radius 1 is 0.450 bits per heavy atom. The maximum absolute atomic E-state index is 10.1. The van der Waals surface area contributed by atoms with Crippen molar-refractivity contribution in [1.82, 2.24) is 9.13 Å². The van der Waals surface area contributed by atoms with Gasteiger partial charge >= 0.3 is 0 Å². The van der Waals surface area contributed by atoms with E-state index in [-0.39, 0.29) is 0 Å². The molecule has 0 bridgehead atoms. The molecule has 0 unspecified atom stereocenters. The van der Waals surface area contributed by atoms with Crippen LogP contribution in [0.1, 0.15) is 22.3 Å². The second-order valence-corrected chi connectivity index (χ2v) is 9.47. The minimum absolute atomic E-state index is 0.404. The molecule has 0 N–H and O–H groups in total. The van der Waals surface area contributed by atoms with Gasteiger partial charge in [-0.1, -0.05) is 42.5 Å². The molecule has 0 spiro atoms. The second kappa shape index (κ2) is 8.61. The highest BCUT2D eigenvalue weighted by Crippen LogP contribution is 2.42. The predicted octanol–water partition coefficient (Wildman–Crippen LogP) is 7.37. The van der Waals surface area contributed by atoms with Crippen molar-refractivity contribution < 1.29 is 0 Å². The molecule has 0 saturated carbocycles. The van der Waals surface area contributed by atoms with E-state index >= 15 is 0 Å². The van der Waals surface area contributed by atoms with Gasteiger partial charge in [-0.25, -0.2) is 0 Å². The van der Waals surface area contributed by atoms with Gasteiger partial charge in [-0.3, -0.25) is 0 Å². The highest BCUT2D eigenvalue weighted by molar-refractivity contribution is 6.26. The summed E-state index contributed by atoms with van der Waals surface area (Å²) in [7, 11) is 0. The van der Waals surface area contributed by atoms with E-state index in [0.717, 1.165) is 43.6 Å². The molecule has 7 rings (SSSR count). The van der Waals surface area contributed by atoms with E-state index in [0.29, 0.717) is 33.6 Å². The van der Waals surface area contributed by atoms with Crippen LogP contribution in [0, 0.1) is 45.3 Å². The van der Waals surface area contributed by atoms with Crippen LogP contribution < -0.4 is 0 Å². The van der Waals surface area contributed by atoms with E-state index in [1.54, 1.807) is 24.3 Å². The molecule has 0 atom stereocenters. The maximum Gasteiger partial charge on any atom is 0.101 e. The van der Waals surface area contributed by atoms with E-state index in [1.807, 2.05) is 48.5 Å². The van der Waals surface area contributed by atoms with Crippen molar-refractivity contribution in [2.45, 2.75) is 0 Å². The van der Waals surface area contributed by atoms with Crippen LogP contribution in [0.4, 0.5) is 0 Å². The Hall–Kier alpha value is -6.34. The topological polar surface area (TPSA) is 105 Å². The Bertz CT molecular complexity index is 2380. The normalized spacial score (nSPS) is 10.9. The van der Waals surface area contributed by atoms with Crippen molar-refractivity contribution in [3.05, 3.63) is 119 Å². The first-order valence-electron chi connectivity index (χ1n) is 12.5. The first-order valence-corrected chi connectivity index (χ1v) is 12.5. The zero-order valence-corrected chi connectivity index (χ0v) is 20.9. The molecule has 0 saturated heterocycles. The summed E-state index contributed by atoms with van der Waals surface area (Å²) in [6, 6.07) is 39.4. The fraction of sp³-hybridized carbons (Fsp3) is 0. The van der Waals surface area contributed by atoms with Crippen molar-refractivity contribution in [2.24, 2.45) is 0 Å². The highest BCUT2D eigenvalue weighted by Gasteiger charge is 2.22. The molecule has 0 aliphatic carbocycles. The van der Waals surface area contributed by atoms with E-state index in [2.05, 4.69) is 57.7 Å². The Morgan fingerprint density at radius 2 is 1.00 bits per heavy atom. The lowest BCUT2D eigenvalue weighted by molar-refractivity contribution is 1.16. The smallest absolute Gasteiger partial charge is 0.101 e. The molecule has 2 aromatic heterocycles. The molecule has 0 aliphatic heterocycles.